The minimum absolute atomic E-state index is 0.0392. The topological polar surface area (TPSA) is 78.5 Å². The van der Waals surface area contributed by atoms with Gasteiger partial charge in [0.25, 0.3) is 10.0 Å². The average Bonchev–Trinajstić information content (AvgIpc) is 2.74. The van der Waals surface area contributed by atoms with E-state index in [0.29, 0.717) is 16.8 Å². The Bertz CT molecular complexity index is 1170. The number of benzene rings is 3. The Kier molecular flexibility index (Phi) is 6.85. The van der Waals surface area contributed by atoms with Crippen molar-refractivity contribution in [2.75, 3.05) is 29.0 Å². The number of nitrogens with one attached hydrogen (secondary N) is 2. The van der Waals surface area contributed by atoms with Gasteiger partial charge in [-0.05, 0) is 42.8 Å². The number of carbonyl (C=O) groups excluding carboxylic acids is 1. The van der Waals surface area contributed by atoms with Crippen molar-refractivity contribution in [2.24, 2.45) is 5.92 Å². The highest BCUT2D eigenvalue weighted by atomic mass is 32.2. The van der Waals surface area contributed by atoms with Crippen LogP contribution in [0.1, 0.15) is 26.7 Å². The van der Waals surface area contributed by atoms with Gasteiger partial charge in [0.1, 0.15) is 0 Å². The molecule has 0 spiro atoms. The van der Waals surface area contributed by atoms with Crippen LogP contribution in [-0.2, 0) is 14.8 Å². The number of carbonyl (C=O) groups is 1. The standard InChI is InChI=1S/C24H29N3O3S/c1-5-8-17(2)24(28)25-18-13-15-19(16-14-18)26-31(29,30)23-12-7-9-20-21(23)10-6-11-22(20)27(3)4/h6-7,9-17,26H,5,8H2,1-4H3,(H,25,28). The van der Waals surface area contributed by atoms with E-state index in [2.05, 4.69) is 10.0 Å². The van der Waals surface area contributed by atoms with Crippen molar-refractivity contribution >= 4 is 43.8 Å². The zero-order chi connectivity index (χ0) is 22.6. The highest BCUT2D eigenvalue weighted by Gasteiger charge is 2.19. The molecule has 0 saturated carbocycles. The Balaban J connectivity index is 1.83. The van der Waals surface area contributed by atoms with Gasteiger partial charge in [-0.25, -0.2) is 8.42 Å². The molecular weight excluding hydrogens is 410 g/mol. The number of fused-ring (bicyclic) bond motifs is 1. The van der Waals surface area contributed by atoms with Crippen LogP contribution in [0.3, 0.4) is 0 Å². The second-order valence-corrected chi connectivity index (χ2v) is 9.54. The average molecular weight is 440 g/mol. The maximum Gasteiger partial charge on any atom is 0.262 e. The first-order valence-electron chi connectivity index (χ1n) is 10.4. The van der Waals surface area contributed by atoms with E-state index >= 15 is 0 Å². The lowest BCUT2D eigenvalue weighted by molar-refractivity contribution is -0.119. The third-order valence-electron chi connectivity index (χ3n) is 5.20. The smallest absolute Gasteiger partial charge is 0.262 e. The van der Waals surface area contributed by atoms with Crippen molar-refractivity contribution in [1.29, 1.82) is 0 Å². The summed E-state index contributed by atoms with van der Waals surface area (Å²) >= 11 is 0. The Morgan fingerprint density at radius 3 is 2.19 bits per heavy atom. The first-order chi connectivity index (χ1) is 14.7. The molecule has 0 bridgehead atoms. The van der Waals surface area contributed by atoms with Gasteiger partial charge in [0.05, 0.1) is 4.90 Å². The first-order valence-corrected chi connectivity index (χ1v) is 11.8. The minimum atomic E-state index is -3.79. The minimum Gasteiger partial charge on any atom is -0.377 e. The summed E-state index contributed by atoms with van der Waals surface area (Å²) in [4.78, 5) is 14.4. The van der Waals surface area contributed by atoms with Crippen LogP contribution in [0.5, 0.6) is 0 Å². The molecule has 0 aromatic heterocycles. The summed E-state index contributed by atoms with van der Waals surface area (Å²) in [6.45, 7) is 3.94. The third kappa shape index (κ3) is 5.17. The largest absolute Gasteiger partial charge is 0.377 e. The zero-order valence-corrected chi connectivity index (χ0v) is 19.2. The molecule has 0 aliphatic rings. The summed E-state index contributed by atoms with van der Waals surface area (Å²) in [5, 5.41) is 4.40. The summed E-state index contributed by atoms with van der Waals surface area (Å²) in [6.07, 6.45) is 1.77. The maximum atomic E-state index is 13.1. The van der Waals surface area contributed by atoms with E-state index in [1.165, 1.54) is 0 Å². The van der Waals surface area contributed by atoms with Gasteiger partial charge in [0.15, 0.2) is 0 Å². The summed E-state index contributed by atoms with van der Waals surface area (Å²) < 4.78 is 28.9. The van der Waals surface area contributed by atoms with E-state index in [1.807, 2.05) is 57.1 Å². The normalized spacial score (nSPS) is 12.4. The maximum absolute atomic E-state index is 13.1. The molecule has 3 aromatic carbocycles. The van der Waals surface area contributed by atoms with Crippen molar-refractivity contribution in [3.8, 4) is 0 Å². The van der Waals surface area contributed by atoms with Gasteiger partial charge in [-0.2, -0.15) is 0 Å². The van der Waals surface area contributed by atoms with Crippen molar-refractivity contribution in [2.45, 2.75) is 31.6 Å². The summed E-state index contributed by atoms with van der Waals surface area (Å²) in [6, 6.07) is 17.6. The Morgan fingerprint density at radius 1 is 0.935 bits per heavy atom. The molecule has 164 valence electrons. The van der Waals surface area contributed by atoms with E-state index in [-0.39, 0.29) is 16.7 Å². The van der Waals surface area contributed by atoms with Crippen LogP contribution in [0.2, 0.25) is 0 Å². The number of nitrogens with zero attached hydrogens (tertiary/aromatic N) is 1. The molecular formula is C24H29N3O3S. The second kappa shape index (κ2) is 9.39. The molecule has 3 rings (SSSR count). The summed E-state index contributed by atoms with van der Waals surface area (Å²) in [7, 11) is 0.0613. The molecule has 0 fully saturated rings. The Morgan fingerprint density at radius 2 is 1.55 bits per heavy atom. The lowest BCUT2D eigenvalue weighted by Crippen LogP contribution is -2.20. The lowest BCUT2D eigenvalue weighted by Gasteiger charge is -2.17. The van der Waals surface area contributed by atoms with Crippen LogP contribution in [-0.4, -0.2) is 28.4 Å². The Hall–Kier alpha value is -3.06. The molecule has 0 radical (unpaired) electrons. The summed E-state index contributed by atoms with van der Waals surface area (Å²) in [5.41, 5.74) is 2.02. The molecule has 31 heavy (non-hydrogen) atoms. The van der Waals surface area contributed by atoms with Crippen LogP contribution in [0.25, 0.3) is 10.8 Å². The number of hydrogen-bond acceptors (Lipinski definition) is 4. The quantitative estimate of drug-likeness (QED) is 0.513. The SMILES string of the molecule is CCCC(C)C(=O)Nc1ccc(NS(=O)(=O)c2cccc3c(N(C)C)cccc23)cc1. The summed E-state index contributed by atoms with van der Waals surface area (Å²) in [5.74, 6) is -0.107. The highest BCUT2D eigenvalue weighted by molar-refractivity contribution is 7.93. The highest BCUT2D eigenvalue weighted by Crippen LogP contribution is 2.31. The zero-order valence-electron chi connectivity index (χ0n) is 18.3. The fourth-order valence-corrected chi connectivity index (χ4v) is 4.83. The van der Waals surface area contributed by atoms with Gasteiger partial charge in [0.2, 0.25) is 5.91 Å². The predicted molar refractivity (Wildman–Crippen MR) is 128 cm³/mol. The molecule has 0 aliphatic heterocycles. The lowest BCUT2D eigenvalue weighted by atomic mass is 10.1. The first kappa shape index (κ1) is 22.6. The van der Waals surface area contributed by atoms with Crippen molar-refractivity contribution < 1.29 is 13.2 Å². The van der Waals surface area contributed by atoms with Crippen molar-refractivity contribution in [3.05, 3.63) is 60.7 Å². The van der Waals surface area contributed by atoms with Crippen LogP contribution in [0, 0.1) is 5.92 Å². The fraction of sp³-hybridized carbons (Fsp3) is 0.292. The number of hydrogen-bond donors (Lipinski definition) is 2. The van der Waals surface area contributed by atoms with Gasteiger partial charge >= 0.3 is 0 Å². The van der Waals surface area contributed by atoms with E-state index in [0.717, 1.165) is 23.9 Å². The molecule has 0 saturated heterocycles. The van der Waals surface area contributed by atoms with Crippen LogP contribution >= 0.6 is 0 Å². The molecule has 1 unspecified atom stereocenters. The van der Waals surface area contributed by atoms with Gasteiger partial charge in [-0.3, -0.25) is 9.52 Å². The second-order valence-electron chi connectivity index (χ2n) is 7.88. The molecule has 1 atom stereocenters. The fourth-order valence-electron chi connectivity index (χ4n) is 3.55. The molecule has 1 amide bonds. The van der Waals surface area contributed by atoms with Crippen LogP contribution in [0.15, 0.2) is 65.6 Å². The molecule has 6 nitrogen and oxygen atoms in total. The van der Waals surface area contributed by atoms with Gasteiger partial charge in [-0.15, -0.1) is 0 Å². The number of rotatable bonds is 8. The Labute approximate surface area is 184 Å². The van der Waals surface area contributed by atoms with E-state index in [4.69, 9.17) is 0 Å². The number of sulfonamides is 1. The predicted octanol–water partition coefficient (Wildman–Crippen LogP) is 5.08. The van der Waals surface area contributed by atoms with Crippen molar-refractivity contribution in [3.63, 3.8) is 0 Å². The van der Waals surface area contributed by atoms with Gasteiger partial charge in [0, 0.05) is 47.8 Å². The van der Waals surface area contributed by atoms with Crippen LogP contribution in [0.4, 0.5) is 17.1 Å². The van der Waals surface area contributed by atoms with Gasteiger partial charge < -0.3 is 10.2 Å². The number of amides is 1. The third-order valence-corrected chi connectivity index (χ3v) is 6.64. The molecule has 0 aliphatic carbocycles. The van der Waals surface area contributed by atoms with E-state index in [9.17, 15) is 13.2 Å². The van der Waals surface area contributed by atoms with Gasteiger partial charge in [-0.1, -0.05) is 44.5 Å². The van der Waals surface area contributed by atoms with Crippen LogP contribution < -0.4 is 14.9 Å². The molecule has 3 aromatic rings. The number of anilines is 3. The molecule has 7 heteroatoms. The van der Waals surface area contributed by atoms with E-state index < -0.39 is 10.0 Å². The van der Waals surface area contributed by atoms with E-state index in [1.54, 1.807) is 36.4 Å². The molecule has 2 N–H and O–H groups in total. The molecule has 0 heterocycles. The van der Waals surface area contributed by atoms with Crippen molar-refractivity contribution in [1.82, 2.24) is 0 Å². The monoisotopic (exact) mass is 439 g/mol.